The zero-order valence-electron chi connectivity index (χ0n) is 12.1. The molecule has 0 aliphatic rings. The van der Waals surface area contributed by atoms with Crippen molar-refractivity contribution < 1.29 is 34.0 Å². The van der Waals surface area contributed by atoms with E-state index in [4.69, 9.17) is 35.2 Å². The Balaban J connectivity index is 2.30. The van der Waals surface area contributed by atoms with Crippen molar-refractivity contribution in [1.29, 1.82) is 0 Å². The van der Waals surface area contributed by atoms with Gasteiger partial charge in [-0.3, -0.25) is 4.57 Å². The molecule has 0 spiro atoms. The van der Waals surface area contributed by atoms with Gasteiger partial charge in [0.2, 0.25) is 0 Å². The SMILES string of the molecule is NC(CO)(CO)COCCOc1ccc(CP(=O)(O)O)cc1. The van der Waals surface area contributed by atoms with Crippen LogP contribution >= 0.6 is 7.60 Å². The molecule has 0 aliphatic carbocycles. The van der Waals surface area contributed by atoms with E-state index in [2.05, 4.69) is 0 Å². The lowest BCUT2D eigenvalue weighted by molar-refractivity contribution is 0.0154. The number of nitrogens with two attached hydrogens (primary N) is 1. The minimum atomic E-state index is -4.07. The third-order valence-electron chi connectivity index (χ3n) is 2.83. The molecule has 1 aromatic rings. The minimum Gasteiger partial charge on any atom is -0.491 e. The zero-order chi connectivity index (χ0) is 16.6. The molecule has 126 valence electrons. The summed E-state index contributed by atoms with van der Waals surface area (Å²) in [6.07, 6.45) is -0.308. The monoisotopic (exact) mass is 335 g/mol. The van der Waals surface area contributed by atoms with Crippen LogP contribution in [0.25, 0.3) is 0 Å². The van der Waals surface area contributed by atoms with Crippen molar-refractivity contribution in [2.24, 2.45) is 5.73 Å². The van der Waals surface area contributed by atoms with Gasteiger partial charge in [-0.25, -0.2) is 0 Å². The second-order valence-electron chi connectivity index (χ2n) is 5.05. The first kappa shape index (κ1) is 19.1. The summed E-state index contributed by atoms with van der Waals surface area (Å²) in [5.74, 6) is 0.543. The Kier molecular flexibility index (Phi) is 7.44. The number of aliphatic hydroxyl groups is 2. The molecule has 0 aromatic heterocycles. The van der Waals surface area contributed by atoms with Gasteiger partial charge in [0.25, 0.3) is 0 Å². The van der Waals surface area contributed by atoms with E-state index in [0.717, 1.165) is 0 Å². The first-order valence-corrected chi connectivity index (χ1v) is 8.42. The van der Waals surface area contributed by atoms with Crippen LogP contribution < -0.4 is 10.5 Å². The summed E-state index contributed by atoms with van der Waals surface area (Å²) in [4.78, 5) is 17.7. The van der Waals surface area contributed by atoms with Gasteiger partial charge in [-0.2, -0.15) is 0 Å². The van der Waals surface area contributed by atoms with E-state index in [9.17, 15) is 4.57 Å². The van der Waals surface area contributed by atoms with E-state index in [1.54, 1.807) is 24.3 Å². The average Bonchev–Trinajstić information content (AvgIpc) is 2.47. The average molecular weight is 335 g/mol. The summed E-state index contributed by atoms with van der Waals surface area (Å²) in [7, 11) is -4.07. The van der Waals surface area contributed by atoms with E-state index >= 15 is 0 Å². The molecule has 0 saturated carbocycles. The Morgan fingerprint density at radius 3 is 2.18 bits per heavy atom. The maximum atomic E-state index is 10.9. The molecule has 6 N–H and O–H groups in total. The number of hydrogen-bond acceptors (Lipinski definition) is 6. The first-order chi connectivity index (χ1) is 10.3. The molecule has 0 unspecified atom stereocenters. The van der Waals surface area contributed by atoms with Gasteiger partial charge in [0.15, 0.2) is 0 Å². The molecule has 0 bridgehead atoms. The minimum absolute atomic E-state index is 0.00455. The maximum absolute atomic E-state index is 10.9. The fraction of sp³-hybridized carbons (Fsp3) is 0.538. The van der Waals surface area contributed by atoms with Gasteiger partial charge in [-0.15, -0.1) is 0 Å². The molecule has 1 aromatic carbocycles. The third kappa shape index (κ3) is 7.33. The molecule has 0 fully saturated rings. The van der Waals surface area contributed by atoms with Crippen molar-refractivity contribution in [3.63, 3.8) is 0 Å². The molecular formula is C13H22NO7P. The molecule has 9 heteroatoms. The summed E-state index contributed by atoms with van der Waals surface area (Å²) >= 11 is 0. The van der Waals surface area contributed by atoms with Crippen LogP contribution in [0.2, 0.25) is 0 Å². The van der Waals surface area contributed by atoms with Gasteiger partial charge >= 0.3 is 7.60 Å². The molecule has 0 saturated heterocycles. The number of benzene rings is 1. The van der Waals surface area contributed by atoms with Crippen molar-refractivity contribution in [3.05, 3.63) is 29.8 Å². The molecular weight excluding hydrogens is 313 g/mol. The van der Waals surface area contributed by atoms with E-state index in [-0.39, 0.29) is 39.2 Å². The molecule has 0 radical (unpaired) electrons. The Morgan fingerprint density at radius 2 is 1.68 bits per heavy atom. The van der Waals surface area contributed by atoms with Crippen LogP contribution in [0.1, 0.15) is 5.56 Å². The van der Waals surface area contributed by atoms with Crippen LogP contribution in [0.3, 0.4) is 0 Å². The van der Waals surface area contributed by atoms with Crippen LogP contribution in [-0.2, 0) is 15.5 Å². The van der Waals surface area contributed by atoms with Crippen LogP contribution in [-0.4, -0.2) is 58.6 Å². The summed E-state index contributed by atoms with van der Waals surface area (Å²) in [6.45, 7) is -0.296. The third-order valence-corrected chi connectivity index (χ3v) is 3.60. The van der Waals surface area contributed by atoms with E-state index in [1.807, 2.05) is 0 Å². The summed E-state index contributed by atoms with van der Waals surface area (Å²) in [5.41, 5.74) is 4.99. The highest BCUT2D eigenvalue weighted by molar-refractivity contribution is 7.50. The highest BCUT2D eigenvalue weighted by Gasteiger charge is 2.23. The van der Waals surface area contributed by atoms with Crippen molar-refractivity contribution in [2.75, 3.05) is 33.0 Å². The molecule has 22 heavy (non-hydrogen) atoms. The second kappa shape index (κ2) is 8.59. The molecule has 0 amide bonds. The highest BCUT2D eigenvalue weighted by Crippen LogP contribution is 2.39. The van der Waals surface area contributed by atoms with Gasteiger partial charge in [0, 0.05) is 0 Å². The lowest BCUT2D eigenvalue weighted by Crippen LogP contribution is -2.51. The number of hydrogen-bond donors (Lipinski definition) is 5. The molecule has 0 atom stereocenters. The van der Waals surface area contributed by atoms with Gasteiger partial charge in [0.1, 0.15) is 12.4 Å². The predicted molar refractivity (Wildman–Crippen MR) is 79.6 cm³/mol. The summed E-state index contributed by atoms with van der Waals surface area (Å²) < 4.78 is 21.5. The van der Waals surface area contributed by atoms with E-state index in [1.165, 1.54) is 0 Å². The lowest BCUT2D eigenvalue weighted by atomic mass is 10.1. The van der Waals surface area contributed by atoms with Crippen LogP contribution in [0.5, 0.6) is 5.75 Å². The summed E-state index contributed by atoms with van der Waals surface area (Å²) in [6, 6.07) is 6.38. The largest absolute Gasteiger partial charge is 0.491 e. The first-order valence-electron chi connectivity index (χ1n) is 6.63. The van der Waals surface area contributed by atoms with Crippen LogP contribution in [0, 0.1) is 0 Å². The second-order valence-corrected chi connectivity index (χ2v) is 6.69. The zero-order valence-corrected chi connectivity index (χ0v) is 13.0. The standard InChI is InChI=1S/C13H22NO7P/c14-13(8-15,9-16)10-20-5-6-21-12-3-1-11(2-4-12)7-22(17,18)19/h1-4,15-16H,5-10,14H2,(H2,17,18,19). The Morgan fingerprint density at radius 1 is 1.09 bits per heavy atom. The lowest BCUT2D eigenvalue weighted by Gasteiger charge is -2.24. The van der Waals surface area contributed by atoms with Crippen molar-refractivity contribution in [3.8, 4) is 5.75 Å². The molecule has 8 nitrogen and oxygen atoms in total. The molecule has 0 heterocycles. The van der Waals surface area contributed by atoms with Crippen molar-refractivity contribution in [2.45, 2.75) is 11.7 Å². The molecule has 1 rings (SSSR count). The number of aliphatic hydroxyl groups excluding tert-OH is 2. The fourth-order valence-corrected chi connectivity index (χ4v) is 2.25. The number of rotatable bonds is 10. The topological polar surface area (TPSA) is 142 Å². The smallest absolute Gasteiger partial charge is 0.329 e. The van der Waals surface area contributed by atoms with Gasteiger partial charge in [0.05, 0.1) is 38.1 Å². The fourth-order valence-electron chi connectivity index (χ4n) is 1.56. The van der Waals surface area contributed by atoms with Gasteiger partial charge < -0.3 is 35.2 Å². The van der Waals surface area contributed by atoms with Crippen LogP contribution in [0.4, 0.5) is 0 Å². The quantitative estimate of drug-likeness (QED) is 0.283. The predicted octanol–water partition coefficient (Wildman–Crippen LogP) is -0.558. The Hall–Kier alpha value is -0.990. The molecule has 0 aliphatic heterocycles. The summed E-state index contributed by atoms with van der Waals surface area (Å²) in [5, 5.41) is 17.9. The Labute approximate surface area is 128 Å². The maximum Gasteiger partial charge on any atom is 0.329 e. The normalized spacial score (nSPS) is 12.4. The number of ether oxygens (including phenoxy) is 2. The van der Waals surface area contributed by atoms with Gasteiger partial charge in [-0.05, 0) is 17.7 Å². The van der Waals surface area contributed by atoms with E-state index in [0.29, 0.717) is 11.3 Å². The van der Waals surface area contributed by atoms with Crippen molar-refractivity contribution >= 4 is 7.60 Å². The van der Waals surface area contributed by atoms with Gasteiger partial charge in [-0.1, -0.05) is 12.1 Å². The van der Waals surface area contributed by atoms with Crippen molar-refractivity contribution in [1.82, 2.24) is 0 Å². The van der Waals surface area contributed by atoms with Crippen LogP contribution in [0.15, 0.2) is 24.3 Å². The van der Waals surface area contributed by atoms with E-state index < -0.39 is 13.1 Å². The highest BCUT2D eigenvalue weighted by atomic mass is 31.2. The Bertz CT molecular complexity index is 484.